The van der Waals surface area contributed by atoms with E-state index in [0.29, 0.717) is 24.9 Å². The quantitative estimate of drug-likeness (QED) is 0.355. The normalized spacial score (nSPS) is 12.9. The Hall–Kier alpha value is -3.92. The van der Waals surface area contributed by atoms with Crippen molar-refractivity contribution in [3.8, 4) is 0 Å². The maximum absolute atomic E-state index is 13.5. The van der Waals surface area contributed by atoms with Gasteiger partial charge in [0.2, 0.25) is 0 Å². The fourth-order valence-electron chi connectivity index (χ4n) is 3.48. The van der Waals surface area contributed by atoms with Crippen LogP contribution >= 0.6 is 0 Å². The number of carbonyl (C=O) groups is 4. The third kappa shape index (κ3) is 6.36. The lowest BCUT2D eigenvalue weighted by atomic mass is 10.1. The number of urea groups is 1. The van der Waals surface area contributed by atoms with Crippen LogP contribution in [0, 0.1) is 0 Å². The van der Waals surface area contributed by atoms with E-state index in [1.54, 1.807) is 57.2 Å². The van der Waals surface area contributed by atoms with Gasteiger partial charge in [-0.25, -0.2) is 25.0 Å². The van der Waals surface area contributed by atoms with Crippen LogP contribution in [0.5, 0.6) is 0 Å². The van der Waals surface area contributed by atoms with Crippen molar-refractivity contribution in [2.75, 3.05) is 13.1 Å². The van der Waals surface area contributed by atoms with Crippen LogP contribution in [0.15, 0.2) is 54.6 Å². The summed E-state index contributed by atoms with van der Waals surface area (Å²) >= 11 is 0. The minimum Gasteiger partial charge on any atom is -0.442 e. The standard InChI is InChI=1S/C25H31N5O5/c1-25(2,3)35-24(34)28(16-10-9-15-26)27-23(33)29(17-18-11-5-4-6-12-18)30-21(31)19-13-7-8-14-20(19)22(30)32/h4-8,11-14H,9-10,15-17,26H2,1-3H3,(H,27,33). The summed E-state index contributed by atoms with van der Waals surface area (Å²) in [5.41, 5.74) is 8.40. The number of rotatable bonds is 7. The fourth-order valence-corrected chi connectivity index (χ4v) is 3.48. The molecule has 0 unspecified atom stereocenters. The lowest BCUT2D eigenvalue weighted by molar-refractivity contribution is 0.000608. The van der Waals surface area contributed by atoms with Crippen LogP contribution in [0.25, 0.3) is 0 Å². The smallest absolute Gasteiger partial charge is 0.429 e. The minimum absolute atomic E-state index is 0.0803. The number of hydrazine groups is 2. The molecule has 0 saturated heterocycles. The van der Waals surface area contributed by atoms with Crippen molar-refractivity contribution in [3.05, 3.63) is 71.3 Å². The van der Waals surface area contributed by atoms with Crippen molar-refractivity contribution in [2.45, 2.75) is 45.8 Å². The van der Waals surface area contributed by atoms with Gasteiger partial charge in [-0.1, -0.05) is 42.5 Å². The molecule has 0 bridgehead atoms. The summed E-state index contributed by atoms with van der Waals surface area (Å²) in [5.74, 6) is -1.24. The first-order valence-electron chi connectivity index (χ1n) is 11.4. The highest BCUT2D eigenvalue weighted by Gasteiger charge is 2.42. The van der Waals surface area contributed by atoms with E-state index in [2.05, 4.69) is 5.43 Å². The Labute approximate surface area is 204 Å². The maximum atomic E-state index is 13.5. The van der Waals surface area contributed by atoms with Crippen molar-refractivity contribution in [1.29, 1.82) is 0 Å². The van der Waals surface area contributed by atoms with E-state index in [1.807, 2.05) is 6.07 Å². The number of hydrogen-bond acceptors (Lipinski definition) is 6. The molecule has 0 aromatic heterocycles. The second-order valence-corrected chi connectivity index (χ2v) is 9.06. The van der Waals surface area contributed by atoms with Gasteiger partial charge in [0.15, 0.2) is 0 Å². The number of amides is 5. The summed E-state index contributed by atoms with van der Waals surface area (Å²) in [6.45, 7) is 5.62. The summed E-state index contributed by atoms with van der Waals surface area (Å²) < 4.78 is 5.42. The van der Waals surface area contributed by atoms with Gasteiger partial charge in [-0.3, -0.25) is 9.59 Å². The molecule has 1 aliphatic rings. The molecule has 10 nitrogen and oxygen atoms in total. The van der Waals surface area contributed by atoms with Gasteiger partial charge in [0, 0.05) is 6.54 Å². The lowest BCUT2D eigenvalue weighted by Crippen LogP contribution is -2.58. The fraction of sp³-hybridized carbons (Fsp3) is 0.360. The van der Waals surface area contributed by atoms with Crippen LogP contribution in [0.1, 0.15) is 59.9 Å². The van der Waals surface area contributed by atoms with Crippen LogP contribution in [0.2, 0.25) is 0 Å². The first-order valence-corrected chi connectivity index (χ1v) is 11.4. The predicted molar refractivity (Wildman–Crippen MR) is 129 cm³/mol. The zero-order chi connectivity index (χ0) is 25.6. The van der Waals surface area contributed by atoms with Gasteiger partial charge in [0.25, 0.3) is 11.8 Å². The van der Waals surface area contributed by atoms with E-state index in [0.717, 1.165) is 15.0 Å². The summed E-state index contributed by atoms with van der Waals surface area (Å²) in [6.07, 6.45) is 0.383. The number of imide groups is 1. The van der Waals surface area contributed by atoms with Crippen LogP contribution in [0.3, 0.4) is 0 Å². The predicted octanol–water partition coefficient (Wildman–Crippen LogP) is 3.30. The van der Waals surface area contributed by atoms with Gasteiger partial charge in [-0.15, -0.1) is 0 Å². The Balaban J connectivity index is 1.90. The Bertz CT molecular complexity index is 1050. The summed E-state index contributed by atoms with van der Waals surface area (Å²) in [4.78, 5) is 52.5. The molecule has 3 rings (SSSR count). The average Bonchev–Trinajstić information content (AvgIpc) is 3.06. The van der Waals surface area contributed by atoms with E-state index in [4.69, 9.17) is 10.5 Å². The van der Waals surface area contributed by atoms with E-state index in [-0.39, 0.29) is 24.2 Å². The second-order valence-electron chi connectivity index (χ2n) is 9.06. The number of nitrogens with zero attached hydrogens (tertiary/aromatic N) is 3. The SMILES string of the molecule is CC(C)(C)OC(=O)N(CCCCN)NC(=O)N(Cc1ccccc1)N1C(=O)c2ccccc2C1=O. The Morgan fingerprint density at radius 1 is 0.943 bits per heavy atom. The third-order valence-corrected chi connectivity index (χ3v) is 5.10. The Morgan fingerprint density at radius 2 is 1.51 bits per heavy atom. The van der Waals surface area contributed by atoms with E-state index in [9.17, 15) is 19.2 Å². The summed E-state index contributed by atoms with van der Waals surface area (Å²) in [5, 5.41) is 2.85. The topological polar surface area (TPSA) is 125 Å². The Morgan fingerprint density at radius 3 is 2.06 bits per heavy atom. The first kappa shape index (κ1) is 25.7. The van der Waals surface area contributed by atoms with Crippen LogP contribution in [0.4, 0.5) is 9.59 Å². The van der Waals surface area contributed by atoms with Gasteiger partial charge in [0.1, 0.15) is 5.60 Å². The second kappa shape index (κ2) is 11.0. The molecule has 0 aliphatic carbocycles. The number of fused-ring (bicyclic) bond motifs is 1. The molecule has 2 aromatic rings. The molecule has 5 amide bonds. The molecule has 2 aromatic carbocycles. The van der Waals surface area contributed by atoms with Crippen LogP contribution in [-0.4, -0.2) is 57.7 Å². The molecular weight excluding hydrogens is 450 g/mol. The molecule has 1 heterocycles. The van der Waals surface area contributed by atoms with Crippen LogP contribution in [-0.2, 0) is 11.3 Å². The zero-order valence-electron chi connectivity index (χ0n) is 20.2. The maximum Gasteiger partial charge on any atom is 0.429 e. The Kier molecular flexibility index (Phi) is 8.08. The number of hydrogen-bond donors (Lipinski definition) is 2. The highest BCUT2D eigenvalue weighted by Crippen LogP contribution is 2.25. The molecule has 0 saturated carbocycles. The number of nitrogens with two attached hydrogens (primary N) is 1. The monoisotopic (exact) mass is 481 g/mol. The van der Waals surface area contributed by atoms with E-state index in [1.165, 1.54) is 12.1 Å². The lowest BCUT2D eigenvalue weighted by Gasteiger charge is -2.33. The molecule has 10 heteroatoms. The highest BCUT2D eigenvalue weighted by molar-refractivity contribution is 6.21. The molecule has 0 radical (unpaired) electrons. The number of benzene rings is 2. The molecule has 0 fully saturated rings. The third-order valence-electron chi connectivity index (χ3n) is 5.10. The van der Waals surface area contributed by atoms with Gasteiger partial charge in [-0.05, 0) is 57.9 Å². The van der Waals surface area contributed by atoms with E-state index < -0.39 is 29.5 Å². The summed E-state index contributed by atoms with van der Waals surface area (Å²) in [6, 6.07) is 14.5. The largest absolute Gasteiger partial charge is 0.442 e. The number of ether oxygens (including phenoxy) is 1. The van der Waals surface area contributed by atoms with Crippen molar-refractivity contribution in [3.63, 3.8) is 0 Å². The number of carbonyl (C=O) groups excluding carboxylic acids is 4. The van der Waals surface area contributed by atoms with Crippen molar-refractivity contribution < 1.29 is 23.9 Å². The average molecular weight is 482 g/mol. The van der Waals surface area contributed by atoms with Gasteiger partial charge < -0.3 is 10.5 Å². The van der Waals surface area contributed by atoms with Gasteiger partial charge in [0.05, 0.1) is 17.7 Å². The molecule has 186 valence electrons. The van der Waals surface area contributed by atoms with Crippen molar-refractivity contribution in [1.82, 2.24) is 20.5 Å². The van der Waals surface area contributed by atoms with Crippen molar-refractivity contribution >= 4 is 23.9 Å². The number of unbranched alkanes of at least 4 members (excludes halogenated alkanes) is 1. The molecule has 3 N–H and O–H groups in total. The molecule has 0 atom stereocenters. The first-order chi connectivity index (χ1) is 16.6. The minimum atomic E-state index is -0.832. The highest BCUT2D eigenvalue weighted by atomic mass is 16.6. The molecule has 1 aliphatic heterocycles. The molecule has 0 spiro atoms. The van der Waals surface area contributed by atoms with Crippen LogP contribution < -0.4 is 11.2 Å². The summed E-state index contributed by atoms with van der Waals surface area (Å²) in [7, 11) is 0. The van der Waals surface area contributed by atoms with Gasteiger partial charge >= 0.3 is 12.1 Å². The van der Waals surface area contributed by atoms with Gasteiger partial charge in [-0.2, -0.15) is 5.01 Å². The molecule has 35 heavy (non-hydrogen) atoms. The van der Waals surface area contributed by atoms with Crippen molar-refractivity contribution in [2.24, 2.45) is 5.73 Å². The van der Waals surface area contributed by atoms with E-state index >= 15 is 0 Å². The zero-order valence-corrected chi connectivity index (χ0v) is 20.2. The number of nitrogens with one attached hydrogen (secondary N) is 1. The molecular formula is C25H31N5O5.